The second kappa shape index (κ2) is 7.23. The molecule has 0 bridgehead atoms. The first kappa shape index (κ1) is 16.2. The van der Waals surface area contributed by atoms with Crippen molar-refractivity contribution in [1.82, 2.24) is 0 Å². The molecule has 0 aliphatic carbocycles. The second-order valence-electron chi connectivity index (χ2n) is 5.10. The molecule has 0 aliphatic rings. The van der Waals surface area contributed by atoms with Crippen molar-refractivity contribution >= 4 is 17.6 Å². The fourth-order valence-electron chi connectivity index (χ4n) is 1.96. The zero-order chi connectivity index (χ0) is 16.8. The number of benzene rings is 2. The maximum absolute atomic E-state index is 12.1. The quantitative estimate of drug-likeness (QED) is 0.880. The number of hydrogen-bond acceptors (Lipinski definition) is 4. The first-order chi connectivity index (χ1) is 11.0. The SMILES string of the molecule is Cc1cccc(NC(=O)[C@H](C)OC(=O)c2cccc(C#N)c2)c1. The Kier molecular flexibility index (Phi) is 5.11. The molecule has 0 fully saturated rings. The van der Waals surface area contributed by atoms with Crippen LogP contribution in [0.1, 0.15) is 28.4 Å². The minimum atomic E-state index is -0.950. The van der Waals surface area contributed by atoms with Crippen LogP contribution in [-0.2, 0) is 9.53 Å². The first-order valence-corrected chi connectivity index (χ1v) is 7.08. The zero-order valence-corrected chi connectivity index (χ0v) is 12.9. The number of esters is 1. The van der Waals surface area contributed by atoms with Gasteiger partial charge in [-0.15, -0.1) is 0 Å². The van der Waals surface area contributed by atoms with Crippen LogP contribution in [0.15, 0.2) is 48.5 Å². The van der Waals surface area contributed by atoms with Gasteiger partial charge in [-0.05, 0) is 49.7 Å². The summed E-state index contributed by atoms with van der Waals surface area (Å²) in [5.74, 6) is -1.06. The summed E-state index contributed by atoms with van der Waals surface area (Å²) in [4.78, 5) is 24.1. The molecular formula is C18H16N2O3. The number of rotatable bonds is 4. The Morgan fingerprint density at radius 2 is 1.91 bits per heavy atom. The van der Waals surface area contributed by atoms with Gasteiger partial charge in [-0.25, -0.2) is 4.79 Å². The number of carbonyl (C=O) groups is 2. The highest BCUT2D eigenvalue weighted by molar-refractivity contribution is 5.97. The Morgan fingerprint density at radius 1 is 1.17 bits per heavy atom. The van der Waals surface area contributed by atoms with Crippen LogP contribution in [-0.4, -0.2) is 18.0 Å². The summed E-state index contributed by atoms with van der Waals surface area (Å²) in [6.45, 7) is 3.42. The molecule has 116 valence electrons. The van der Waals surface area contributed by atoms with E-state index in [-0.39, 0.29) is 5.56 Å². The molecule has 1 amide bonds. The summed E-state index contributed by atoms with van der Waals surface area (Å²) < 4.78 is 5.14. The maximum Gasteiger partial charge on any atom is 0.338 e. The average molecular weight is 308 g/mol. The topological polar surface area (TPSA) is 79.2 Å². The molecule has 0 saturated heterocycles. The lowest BCUT2D eigenvalue weighted by molar-refractivity contribution is -0.123. The van der Waals surface area contributed by atoms with Crippen LogP contribution in [0.4, 0.5) is 5.69 Å². The van der Waals surface area contributed by atoms with Crippen molar-refractivity contribution in [3.63, 3.8) is 0 Å². The predicted molar refractivity (Wildman–Crippen MR) is 85.8 cm³/mol. The van der Waals surface area contributed by atoms with Crippen LogP contribution in [0, 0.1) is 18.3 Å². The van der Waals surface area contributed by atoms with Gasteiger partial charge in [-0.1, -0.05) is 18.2 Å². The van der Waals surface area contributed by atoms with E-state index in [1.165, 1.54) is 19.1 Å². The van der Waals surface area contributed by atoms with Gasteiger partial charge >= 0.3 is 5.97 Å². The molecule has 23 heavy (non-hydrogen) atoms. The number of nitriles is 1. The number of hydrogen-bond donors (Lipinski definition) is 1. The molecule has 2 aromatic rings. The Bertz CT molecular complexity index is 778. The van der Waals surface area contributed by atoms with Crippen molar-refractivity contribution in [2.45, 2.75) is 20.0 Å². The third-order valence-electron chi connectivity index (χ3n) is 3.17. The van der Waals surface area contributed by atoms with E-state index in [1.54, 1.807) is 18.2 Å². The Labute approximate surface area is 134 Å². The number of nitrogens with one attached hydrogen (secondary N) is 1. The Balaban J connectivity index is 2.00. The van der Waals surface area contributed by atoms with Crippen molar-refractivity contribution in [1.29, 1.82) is 5.26 Å². The van der Waals surface area contributed by atoms with Crippen LogP contribution >= 0.6 is 0 Å². The summed E-state index contributed by atoms with van der Waals surface area (Å²) in [7, 11) is 0. The minimum Gasteiger partial charge on any atom is -0.449 e. The van der Waals surface area contributed by atoms with Gasteiger partial charge in [-0.3, -0.25) is 4.79 Å². The van der Waals surface area contributed by atoms with E-state index in [2.05, 4.69) is 5.32 Å². The minimum absolute atomic E-state index is 0.235. The molecule has 1 atom stereocenters. The summed E-state index contributed by atoms with van der Waals surface area (Å²) in [6.07, 6.45) is -0.950. The van der Waals surface area contributed by atoms with E-state index in [9.17, 15) is 9.59 Å². The molecule has 0 heterocycles. The summed E-state index contributed by atoms with van der Waals surface area (Å²) in [5, 5.41) is 11.5. The van der Waals surface area contributed by atoms with Gasteiger partial charge in [0, 0.05) is 5.69 Å². The average Bonchev–Trinajstić information content (AvgIpc) is 2.54. The smallest absolute Gasteiger partial charge is 0.338 e. The van der Waals surface area contributed by atoms with Crippen LogP contribution in [0.2, 0.25) is 0 Å². The van der Waals surface area contributed by atoms with Crippen molar-refractivity contribution < 1.29 is 14.3 Å². The molecule has 5 nitrogen and oxygen atoms in total. The van der Waals surface area contributed by atoms with Crippen LogP contribution < -0.4 is 5.32 Å². The van der Waals surface area contributed by atoms with Gasteiger partial charge in [0.25, 0.3) is 5.91 Å². The van der Waals surface area contributed by atoms with Crippen LogP contribution in [0.25, 0.3) is 0 Å². The molecule has 0 unspecified atom stereocenters. The first-order valence-electron chi connectivity index (χ1n) is 7.08. The van der Waals surface area contributed by atoms with Crippen molar-refractivity contribution in [2.75, 3.05) is 5.32 Å². The van der Waals surface area contributed by atoms with Gasteiger partial charge in [0.05, 0.1) is 17.2 Å². The van der Waals surface area contributed by atoms with E-state index in [1.807, 2.05) is 31.2 Å². The number of carbonyl (C=O) groups excluding carboxylic acids is 2. The lowest BCUT2D eigenvalue weighted by atomic mass is 10.1. The fraction of sp³-hybridized carbons (Fsp3) is 0.167. The number of anilines is 1. The fourth-order valence-corrected chi connectivity index (χ4v) is 1.96. The van der Waals surface area contributed by atoms with Crippen LogP contribution in [0.5, 0.6) is 0 Å². The van der Waals surface area contributed by atoms with E-state index in [4.69, 9.17) is 10.00 Å². The summed E-state index contributed by atoms with van der Waals surface area (Å²) >= 11 is 0. The number of aryl methyl sites for hydroxylation is 1. The van der Waals surface area contributed by atoms with Crippen molar-refractivity contribution in [2.24, 2.45) is 0 Å². The van der Waals surface area contributed by atoms with E-state index in [0.29, 0.717) is 11.3 Å². The highest BCUT2D eigenvalue weighted by Crippen LogP contribution is 2.12. The lowest BCUT2D eigenvalue weighted by Crippen LogP contribution is -2.30. The molecule has 0 spiro atoms. The van der Waals surface area contributed by atoms with Crippen molar-refractivity contribution in [3.8, 4) is 6.07 Å². The number of ether oxygens (including phenoxy) is 1. The van der Waals surface area contributed by atoms with E-state index < -0.39 is 18.0 Å². The van der Waals surface area contributed by atoms with Gasteiger partial charge < -0.3 is 10.1 Å². The van der Waals surface area contributed by atoms with E-state index in [0.717, 1.165) is 5.56 Å². The molecule has 2 rings (SSSR count). The Hall–Kier alpha value is -3.13. The second-order valence-corrected chi connectivity index (χ2v) is 5.10. The molecule has 1 N–H and O–H groups in total. The number of nitrogens with zero attached hydrogens (tertiary/aromatic N) is 1. The van der Waals surface area contributed by atoms with Gasteiger partial charge in [0.2, 0.25) is 0 Å². The number of amides is 1. The molecule has 0 aromatic heterocycles. The highest BCUT2D eigenvalue weighted by atomic mass is 16.5. The summed E-state index contributed by atoms with van der Waals surface area (Å²) in [6, 6.07) is 15.4. The Morgan fingerprint density at radius 3 is 2.61 bits per heavy atom. The maximum atomic E-state index is 12.1. The molecule has 2 aromatic carbocycles. The third kappa shape index (κ3) is 4.42. The van der Waals surface area contributed by atoms with Gasteiger partial charge in [0.1, 0.15) is 0 Å². The van der Waals surface area contributed by atoms with E-state index >= 15 is 0 Å². The largest absolute Gasteiger partial charge is 0.449 e. The summed E-state index contributed by atoms with van der Waals surface area (Å²) in [5.41, 5.74) is 2.25. The molecular weight excluding hydrogens is 292 g/mol. The highest BCUT2D eigenvalue weighted by Gasteiger charge is 2.19. The monoisotopic (exact) mass is 308 g/mol. The standard InChI is InChI=1S/C18H16N2O3/c1-12-5-3-8-16(9-12)20-17(21)13(2)23-18(22)15-7-4-6-14(10-15)11-19/h3-10,13H,1-2H3,(H,20,21)/t13-/m0/s1. The lowest BCUT2D eigenvalue weighted by Gasteiger charge is -2.14. The van der Waals surface area contributed by atoms with Gasteiger partial charge in [-0.2, -0.15) is 5.26 Å². The molecule has 0 saturated carbocycles. The molecule has 0 radical (unpaired) electrons. The molecule has 5 heteroatoms. The molecule has 0 aliphatic heterocycles. The van der Waals surface area contributed by atoms with Crippen LogP contribution in [0.3, 0.4) is 0 Å². The van der Waals surface area contributed by atoms with Crippen molar-refractivity contribution in [3.05, 3.63) is 65.2 Å². The zero-order valence-electron chi connectivity index (χ0n) is 12.9. The normalized spacial score (nSPS) is 11.2. The van der Waals surface area contributed by atoms with Gasteiger partial charge in [0.15, 0.2) is 6.10 Å². The third-order valence-corrected chi connectivity index (χ3v) is 3.17. The predicted octanol–water partition coefficient (Wildman–Crippen LogP) is 3.05.